The molecule has 0 fully saturated rings. The lowest BCUT2D eigenvalue weighted by molar-refractivity contribution is -0.140. The monoisotopic (exact) mass is 494 g/mol. The normalized spacial score (nSPS) is 11.0. The summed E-state index contributed by atoms with van der Waals surface area (Å²) in [7, 11) is -7.87. The van der Waals surface area contributed by atoms with Crippen LogP contribution < -0.4 is 0 Å². The summed E-state index contributed by atoms with van der Waals surface area (Å²) < 4.78 is 67.8. The van der Waals surface area contributed by atoms with E-state index in [-0.39, 0.29) is 5.97 Å². The number of esters is 1. The Bertz CT molecular complexity index is 543. The van der Waals surface area contributed by atoms with Gasteiger partial charge in [-0.25, -0.2) is 0 Å². The fourth-order valence-electron chi connectivity index (χ4n) is 2.74. The Morgan fingerprint density at radius 1 is 0.581 bits per heavy atom. The third-order valence-electron chi connectivity index (χ3n) is 4.21. The quantitative estimate of drug-likeness (QED) is 0.128. The first-order valence-corrected chi connectivity index (χ1v) is 13.6. The van der Waals surface area contributed by atoms with Crippen molar-refractivity contribution in [1.82, 2.24) is 0 Å². The Kier molecular flexibility index (Phi) is 26.8. The molecule has 10 nitrogen and oxygen atoms in total. The molecule has 0 aliphatic heterocycles. The molecule has 4 N–H and O–H groups in total. The van der Waals surface area contributed by atoms with Crippen LogP contribution in [0.2, 0.25) is 0 Å². The minimum Gasteiger partial charge on any atom is -0.469 e. The molecule has 0 aromatic heterocycles. The summed E-state index contributed by atoms with van der Waals surface area (Å²) in [6, 6.07) is 0. The molecule has 0 radical (unpaired) electrons. The van der Waals surface area contributed by atoms with Crippen molar-refractivity contribution >= 4 is 26.8 Å². The first kappa shape index (κ1) is 34.8. The van der Waals surface area contributed by atoms with Crippen molar-refractivity contribution in [2.45, 2.75) is 110 Å². The number of hydrogen-bond donors (Lipinski definition) is 4. The topological polar surface area (TPSA) is 175 Å². The second kappa shape index (κ2) is 23.9. The lowest BCUT2D eigenvalue weighted by Gasteiger charge is -2.03. The van der Waals surface area contributed by atoms with Crippen LogP contribution in [0.25, 0.3) is 0 Å². The second-order valence-electron chi connectivity index (χ2n) is 7.17. The molecule has 0 spiro atoms. The van der Waals surface area contributed by atoms with Crippen LogP contribution in [0.4, 0.5) is 0 Å². The van der Waals surface area contributed by atoms with Crippen molar-refractivity contribution in [2.75, 3.05) is 7.11 Å². The average Bonchev–Trinajstić information content (AvgIpc) is 2.62. The summed E-state index contributed by atoms with van der Waals surface area (Å²) in [6.45, 7) is 2.28. The van der Waals surface area contributed by atoms with Gasteiger partial charge >= 0.3 is 26.8 Å². The second-order valence-corrected chi connectivity index (χ2v) is 8.96. The highest BCUT2D eigenvalue weighted by molar-refractivity contribution is 7.80. The summed E-state index contributed by atoms with van der Waals surface area (Å²) in [5, 5.41) is 0. The zero-order valence-electron chi connectivity index (χ0n) is 18.9. The molecule has 0 atom stereocenters. The van der Waals surface area contributed by atoms with Gasteiger partial charge in [-0.1, -0.05) is 96.8 Å². The number of hydrogen-bond acceptors (Lipinski definition) is 6. The third kappa shape index (κ3) is 65.2. The summed E-state index contributed by atoms with van der Waals surface area (Å²) in [4.78, 5) is 10.9. The van der Waals surface area contributed by atoms with Crippen LogP contribution in [0.15, 0.2) is 0 Å². The molecule has 0 aliphatic rings. The van der Waals surface area contributed by atoms with Crippen LogP contribution in [-0.4, -0.2) is 48.1 Å². The molecule has 0 aliphatic carbocycles. The van der Waals surface area contributed by atoms with Crippen LogP contribution in [0.5, 0.6) is 0 Å². The molecule has 0 heterocycles. The van der Waals surface area contributed by atoms with E-state index in [0.29, 0.717) is 6.42 Å². The summed E-state index contributed by atoms with van der Waals surface area (Å²) in [6.07, 6.45) is 20.9. The highest BCUT2D eigenvalue weighted by Crippen LogP contribution is 2.13. The maximum atomic E-state index is 10.9. The zero-order chi connectivity index (χ0) is 24.6. The van der Waals surface area contributed by atoms with Crippen LogP contribution >= 0.6 is 0 Å². The minimum atomic E-state index is -4.67. The molecule has 0 saturated carbocycles. The van der Waals surface area contributed by atoms with Crippen molar-refractivity contribution in [3.05, 3.63) is 0 Å². The number of carbonyl (C=O) groups excluding carboxylic acids is 1. The van der Waals surface area contributed by atoms with Crippen molar-refractivity contribution in [3.63, 3.8) is 0 Å². The molecule has 31 heavy (non-hydrogen) atoms. The maximum absolute atomic E-state index is 10.9. The van der Waals surface area contributed by atoms with E-state index in [2.05, 4.69) is 11.7 Å². The van der Waals surface area contributed by atoms with E-state index in [1.807, 2.05) is 0 Å². The Balaban J connectivity index is -0.000000646. The molecular weight excluding hydrogens is 452 g/mol. The van der Waals surface area contributed by atoms with Gasteiger partial charge in [-0.15, -0.1) is 0 Å². The molecule has 0 unspecified atom stereocenters. The highest BCUT2D eigenvalue weighted by atomic mass is 32.3. The van der Waals surface area contributed by atoms with E-state index in [9.17, 15) is 4.79 Å². The van der Waals surface area contributed by atoms with Gasteiger partial charge in [-0.2, -0.15) is 16.8 Å². The van der Waals surface area contributed by atoms with Gasteiger partial charge in [0, 0.05) is 6.42 Å². The molecule has 0 aromatic rings. The molecule has 0 aromatic carbocycles. The smallest absolute Gasteiger partial charge is 0.394 e. The van der Waals surface area contributed by atoms with E-state index in [1.54, 1.807) is 0 Å². The predicted molar refractivity (Wildman–Crippen MR) is 120 cm³/mol. The van der Waals surface area contributed by atoms with E-state index in [0.717, 1.165) is 6.42 Å². The molecular formula is C19H42O10S2. The summed E-state index contributed by atoms with van der Waals surface area (Å²) in [5.74, 6) is -0.0651. The van der Waals surface area contributed by atoms with Crippen LogP contribution in [0, 0.1) is 0 Å². The lowest BCUT2D eigenvalue weighted by Crippen LogP contribution is -1.99. The fraction of sp³-hybridized carbons (Fsp3) is 0.947. The van der Waals surface area contributed by atoms with E-state index in [4.69, 9.17) is 35.0 Å². The Morgan fingerprint density at radius 2 is 0.806 bits per heavy atom. The van der Waals surface area contributed by atoms with Crippen molar-refractivity contribution in [3.8, 4) is 0 Å². The molecule has 0 amide bonds. The average molecular weight is 495 g/mol. The van der Waals surface area contributed by atoms with Gasteiger partial charge < -0.3 is 4.74 Å². The summed E-state index contributed by atoms with van der Waals surface area (Å²) >= 11 is 0. The molecule has 0 rings (SSSR count). The van der Waals surface area contributed by atoms with Crippen molar-refractivity contribution < 1.29 is 44.6 Å². The number of ether oxygens (including phenoxy) is 1. The molecule has 0 saturated heterocycles. The molecule has 190 valence electrons. The predicted octanol–water partition coefficient (Wildman–Crippen LogP) is 5.12. The Morgan fingerprint density at radius 3 is 1.03 bits per heavy atom. The summed E-state index contributed by atoms with van der Waals surface area (Å²) in [5.41, 5.74) is 0. The van der Waals surface area contributed by atoms with Gasteiger partial charge in [0.15, 0.2) is 0 Å². The maximum Gasteiger partial charge on any atom is 0.394 e. The van der Waals surface area contributed by atoms with E-state index < -0.39 is 20.8 Å². The lowest BCUT2D eigenvalue weighted by atomic mass is 10.0. The largest absolute Gasteiger partial charge is 0.469 e. The van der Waals surface area contributed by atoms with Gasteiger partial charge in [-0.3, -0.25) is 23.0 Å². The number of methoxy groups -OCH3 is 1. The fourth-order valence-corrected chi connectivity index (χ4v) is 2.74. The SMILES string of the molecule is CCCCCCCCCCCCCCCCCC(=O)OC.O=S(=O)(O)O.O=S(=O)(O)O. The van der Waals surface area contributed by atoms with Crippen LogP contribution in [0.1, 0.15) is 110 Å². The Labute approximate surface area is 188 Å². The van der Waals surface area contributed by atoms with Crippen LogP contribution in [0.3, 0.4) is 0 Å². The van der Waals surface area contributed by atoms with E-state index in [1.165, 1.54) is 97.0 Å². The zero-order valence-corrected chi connectivity index (χ0v) is 20.5. The minimum absolute atomic E-state index is 0.0651. The third-order valence-corrected chi connectivity index (χ3v) is 4.21. The molecule has 12 heteroatoms. The number of carbonyl (C=O) groups is 1. The van der Waals surface area contributed by atoms with Gasteiger partial charge in [0.25, 0.3) is 0 Å². The highest BCUT2D eigenvalue weighted by Gasteiger charge is 1.99. The number of rotatable bonds is 16. The van der Waals surface area contributed by atoms with E-state index >= 15 is 0 Å². The first-order valence-electron chi connectivity index (χ1n) is 10.8. The van der Waals surface area contributed by atoms with Gasteiger partial charge in [-0.05, 0) is 6.42 Å². The number of unbranched alkanes of at least 4 members (excludes halogenated alkanes) is 14. The van der Waals surface area contributed by atoms with Gasteiger partial charge in [0.2, 0.25) is 0 Å². The van der Waals surface area contributed by atoms with Gasteiger partial charge in [0.1, 0.15) is 0 Å². The standard InChI is InChI=1S/C19H38O2.2H2O4S/c1-3-4-5-6-7-8-9-10-11-12-13-14-15-16-17-18-19(20)21-2;2*1-5(2,3)4/h3-18H2,1-2H3;2*(H2,1,2,3,4). The van der Waals surface area contributed by atoms with Crippen LogP contribution in [-0.2, 0) is 30.3 Å². The molecule has 0 bridgehead atoms. The Hall–Kier alpha value is -0.790. The first-order chi connectivity index (χ1) is 14.3. The van der Waals surface area contributed by atoms with Crippen molar-refractivity contribution in [1.29, 1.82) is 0 Å². The van der Waals surface area contributed by atoms with Gasteiger partial charge in [0.05, 0.1) is 7.11 Å². The van der Waals surface area contributed by atoms with Crippen molar-refractivity contribution in [2.24, 2.45) is 0 Å².